The molecular formula is C16H21N3O2S. The molecule has 1 amide bonds. The van der Waals surface area contributed by atoms with E-state index in [0.717, 1.165) is 41.9 Å². The summed E-state index contributed by atoms with van der Waals surface area (Å²) in [7, 11) is 0. The number of aromatic nitrogens is 1. The number of hydrogen-bond donors (Lipinski definition) is 2. The molecule has 6 heteroatoms. The lowest BCUT2D eigenvalue weighted by molar-refractivity contribution is -0.117. The molecule has 1 fully saturated rings. The lowest BCUT2D eigenvalue weighted by Crippen LogP contribution is -2.30. The summed E-state index contributed by atoms with van der Waals surface area (Å²) in [5, 5.41) is 6.92. The number of amides is 1. The highest BCUT2D eigenvalue weighted by Gasteiger charge is 2.17. The molecule has 5 nitrogen and oxygen atoms in total. The topological polar surface area (TPSA) is 63.2 Å². The quantitative estimate of drug-likeness (QED) is 0.889. The van der Waals surface area contributed by atoms with Gasteiger partial charge in [0, 0.05) is 6.42 Å². The van der Waals surface area contributed by atoms with Crippen molar-refractivity contribution in [2.75, 3.05) is 25.0 Å². The highest BCUT2D eigenvalue weighted by atomic mass is 32.1. The van der Waals surface area contributed by atoms with Gasteiger partial charge in [-0.15, -0.1) is 0 Å². The van der Waals surface area contributed by atoms with E-state index >= 15 is 0 Å². The van der Waals surface area contributed by atoms with Gasteiger partial charge < -0.3 is 15.4 Å². The first-order valence-electron chi connectivity index (χ1n) is 7.78. The largest absolute Gasteiger partial charge is 0.494 e. The second kappa shape index (κ2) is 7.07. The third-order valence-corrected chi connectivity index (χ3v) is 4.78. The molecule has 1 aliphatic heterocycles. The summed E-state index contributed by atoms with van der Waals surface area (Å²) in [6.07, 6.45) is 2.73. The molecule has 0 saturated carbocycles. The van der Waals surface area contributed by atoms with Gasteiger partial charge in [-0.1, -0.05) is 11.3 Å². The van der Waals surface area contributed by atoms with E-state index in [1.807, 2.05) is 25.1 Å². The maximum Gasteiger partial charge on any atom is 0.226 e. The second-order valence-corrected chi connectivity index (χ2v) is 6.56. The molecule has 0 radical (unpaired) electrons. The lowest BCUT2D eigenvalue weighted by Gasteiger charge is -2.21. The van der Waals surface area contributed by atoms with Crippen molar-refractivity contribution in [1.29, 1.82) is 0 Å². The van der Waals surface area contributed by atoms with E-state index in [9.17, 15) is 4.79 Å². The van der Waals surface area contributed by atoms with Crippen LogP contribution >= 0.6 is 11.3 Å². The van der Waals surface area contributed by atoms with Gasteiger partial charge in [-0.2, -0.15) is 0 Å². The highest BCUT2D eigenvalue weighted by molar-refractivity contribution is 7.22. The fraction of sp³-hybridized carbons (Fsp3) is 0.500. The third-order valence-electron chi connectivity index (χ3n) is 3.85. The number of anilines is 1. The Morgan fingerprint density at radius 3 is 3.05 bits per heavy atom. The van der Waals surface area contributed by atoms with E-state index in [1.54, 1.807) is 0 Å². The summed E-state index contributed by atoms with van der Waals surface area (Å²) < 4.78 is 6.52. The van der Waals surface area contributed by atoms with Crippen molar-refractivity contribution in [3.8, 4) is 5.75 Å². The van der Waals surface area contributed by atoms with Crippen LogP contribution in [0, 0.1) is 5.92 Å². The number of carbonyl (C=O) groups is 1. The number of nitrogens with zero attached hydrogens (tertiary/aromatic N) is 1. The molecule has 1 aliphatic rings. The van der Waals surface area contributed by atoms with E-state index in [-0.39, 0.29) is 5.91 Å². The van der Waals surface area contributed by atoms with Crippen molar-refractivity contribution in [2.45, 2.75) is 26.2 Å². The number of benzene rings is 1. The van der Waals surface area contributed by atoms with Crippen molar-refractivity contribution in [3.05, 3.63) is 18.2 Å². The van der Waals surface area contributed by atoms with Gasteiger partial charge in [0.25, 0.3) is 0 Å². The number of nitrogens with one attached hydrogen (secondary N) is 2. The maximum absolute atomic E-state index is 12.1. The van der Waals surface area contributed by atoms with E-state index in [0.29, 0.717) is 24.1 Å². The van der Waals surface area contributed by atoms with Gasteiger partial charge in [0.1, 0.15) is 5.75 Å². The van der Waals surface area contributed by atoms with Gasteiger partial charge in [0.2, 0.25) is 5.91 Å². The molecule has 0 bridgehead atoms. The molecular weight excluding hydrogens is 298 g/mol. The Labute approximate surface area is 134 Å². The number of thiazole rings is 1. The van der Waals surface area contributed by atoms with E-state index in [4.69, 9.17) is 4.74 Å². The summed E-state index contributed by atoms with van der Waals surface area (Å²) in [6, 6.07) is 5.81. The van der Waals surface area contributed by atoms with Crippen LogP contribution in [0.1, 0.15) is 26.2 Å². The Balaban J connectivity index is 1.64. The van der Waals surface area contributed by atoms with Gasteiger partial charge in [0.15, 0.2) is 5.13 Å². The summed E-state index contributed by atoms with van der Waals surface area (Å²) in [5.74, 6) is 1.39. The van der Waals surface area contributed by atoms with Crippen LogP contribution in [-0.4, -0.2) is 30.6 Å². The third kappa shape index (κ3) is 3.75. The molecule has 0 aliphatic carbocycles. The predicted octanol–water partition coefficient (Wildman–Crippen LogP) is 3.02. The summed E-state index contributed by atoms with van der Waals surface area (Å²) in [6.45, 7) is 4.63. The van der Waals surface area contributed by atoms with Gasteiger partial charge >= 0.3 is 0 Å². The van der Waals surface area contributed by atoms with Crippen LogP contribution in [0.4, 0.5) is 5.13 Å². The summed E-state index contributed by atoms with van der Waals surface area (Å²) >= 11 is 1.49. The van der Waals surface area contributed by atoms with E-state index < -0.39 is 0 Å². The fourth-order valence-electron chi connectivity index (χ4n) is 2.73. The van der Waals surface area contributed by atoms with Crippen LogP contribution in [0.25, 0.3) is 10.2 Å². The number of carbonyl (C=O) groups excluding carboxylic acids is 1. The zero-order valence-electron chi connectivity index (χ0n) is 12.7. The number of fused-ring (bicyclic) bond motifs is 1. The van der Waals surface area contributed by atoms with Gasteiger partial charge in [-0.3, -0.25) is 4.79 Å². The molecule has 22 heavy (non-hydrogen) atoms. The Morgan fingerprint density at radius 1 is 1.45 bits per heavy atom. The molecule has 3 rings (SSSR count). The van der Waals surface area contributed by atoms with Crippen LogP contribution in [0.2, 0.25) is 0 Å². The predicted molar refractivity (Wildman–Crippen MR) is 89.6 cm³/mol. The SMILES string of the molecule is CCOc1ccc2nc(NC(=O)CC3CCNCC3)sc2c1. The Kier molecular flexibility index (Phi) is 4.90. The van der Waals surface area contributed by atoms with E-state index in [1.165, 1.54) is 11.3 Å². The number of hydrogen-bond acceptors (Lipinski definition) is 5. The monoisotopic (exact) mass is 319 g/mol. The maximum atomic E-state index is 12.1. The van der Waals surface area contributed by atoms with Crippen LogP contribution in [0.5, 0.6) is 5.75 Å². The Morgan fingerprint density at radius 2 is 2.27 bits per heavy atom. The minimum Gasteiger partial charge on any atom is -0.494 e. The Bertz CT molecular complexity index is 650. The van der Waals surface area contributed by atoms with Crippen molar-refractivity contribution in [1.82, 2.24) is 10.3 Å². The van der Waals surface area contributed by atoms with Crippen molar-refractivity contribution >= 4 is 32.6 Å². The Hall–Kier alpha value is -1.66. The van der Waals surface area contributed by atoms with Gasteiger partial charge in [-0.25, -0.2) is 4.98 Å². The van der Waals surface area contributed by atoms with Crippen molar-refractivity contribution in [3.63, 3.8) is 0 Å². The normalized spacial score (nSPS) is 15.9. The number of rotatable bonds is 5. The van der Waals surface area contributed by atoms with Crippen molar-refractivity contribution in [2.24, 2.45) is 5.92 Å². The zero-order chi connectivity index (χ0) is 15.4. The summed E-state index contributed by atoms with van der Waals surface area (Å²) in [4.78, 5) is 16.6. The standard InChI is InChI=1S/C16H21N3O2S/c1-2-21-12-3-4-13-14(10-12)22-16(18-13)19-15(20)9-11-5-7-17-8-6-11/h3-4,10-11,17H,2,5-9H2,1H3,(H,18,19,20). The molecule has 2 aromatic rings. The lowest BCUT2D eigenvalue weighted by atomic mass is 9.94. The van der Waals surface area contributed by atoms with Crippen LogP contribution in [0.15, 0.2) is 18.2 Å². The summed E-state index contributed by atoms with van der Waals surface area (Å²) in [5.41, 5.74) is 0.894. The smallest absolute Gasteiger partial charge is 0.226 e. The highest BCUT2D eigenvalue weighted by Crippen LogP contribution is 2.29. The van der Waals surface area contributed by atoms with Crippen LogP contribution in [0.3, 0.4) is 0 Å². The average Bonchev–Trinajstić information content (AvgIpc) is 2.89. The fourth-order valence-corrected chi connectivity index (χ4v) is 3.64. The van der Waals surface area contributed by atoms with E-state index in [2.05, 4.69) is 15.6 Å². The number of ether oxygens (including phenoxy) is 1. The average molecular weight is 319 g/mol. The molecule has 0 spiro atoms. The minimum atomic E-state index is 0.0657. The first-order valence-corrected chi connectivity index (χ1v) is 8.60. The molecule has 2 heterocycles. The van der Waals surface area contributed by atoms with Gasteiger partial charge in [0.05, 0.1) is 16.8 Å². The molecule has 118 valence electrons. The molecule has 2 N–H and O–H groups in total. The number of piperidine rings is 1. The van der Waals surface area contributed by atoms with Crippen LogP contribution in [-0.2, 0) is 4.79 Å². The molecule has 1 aromatic heterocycles. The molecule has 0 atom stereocenters. The van der Waals surface area contributed by atoms with Crippen molar-refractivity contribution < 1.29 is 9.53 Å². The first-order chi connectivity index (χ1) is 10.7. The zero-order valence-corrected chi connectivity index (χ0v) is 13.5. The van der Waals surface area contributed by atoms with Gasteiger partial charge in [-0.05, 0) is 57.0 Å². The first kappa shape index (κ1) is 15.2. The second-order valence-electron chi connectivity index (χ2n) is 5.53. The minimum absolute atomic E-state index is 0.0657. The molecule has 0 unspecified atom stereocenters. The molecule has 1 aromatic carbocycles. The van der Waals surface area contributed by atoms with Crippen LogP contribution < -0.4 is 15.4 Å². The molecule has 1 saturated heterocycles.